The van der Waals surface area contributed by atoms with Gasteiger partial charge in [-0.1, -0.05) is 0 Å². The molecule has 158 valence electrons. The van der Waals surface area contributed by atoms with Crippen LogP contribution in [0.5, 0.6) is 0 Å². The molecule has 2 fully saturated rings. The minimum atomic E-state index is -0.0516. The summed E-state index contributed by atoms with van der Waals surface area (Å²) in [5, 5.41) is 3.49. The lowest BCUT2D eigenvalue weighted by molar-refractivity contribution is 0.0722. The first-order valence-electron chi connectivity index (χ1n) is 10.7. The summed E-state index contributed by atoms with van der Waals surface area (Å²) in [5.74, 6) is 1.10. The summed E-state index contributed by atoms with van der Waals surface area (Å²) in [6.07, 6.45) is 6.21. The number of amides is 1. The molecule has 3 unspecified atom stereocenters. The molecule has 2 saturated heterocycles. The van der Waals surface area contributed by atoms with E-state index < -0.39 is 0 Å². The number of nitrogens with zero attached hydrogens (tertiary/aromatic N) is 6. The van der Waals surface area contributed by atoms with Crippen molar-refractivity contribution in [1.82, 2.24) is 29.8 Å². The average Bonchev–Trinajstić information content (AvgIpc) is 3.31. The van der Waals surface area contributed by atoms with Crippen molar-refractivity contribution in [2.75, 3.05) is 5.32 Å². The lowest BCUT2D eigenvalue weighted by Gasteiger charge is -2.25. The molecule has 3 atom stereocenters. The molecule has 8 heteroatoms. The number of nitrogens with one attached hydrogen (secondary N) is 1. The average molecular weight is 416 g/mol. The number of aryl methyl sites for hydroxylation is 3. The zero-order valence-electron chi connectivity index (χ0n) is 17.9. The molecule has 3 aromatic heterocycles. The second kappa shape index (κ2) is 7.68. The number of rotatable bonds is 4. The Balaban J connectivity index is 1.44. The van der Waals surface area contributed by atoms with Crippen molar-refractivity contribution in [1.29, 1.82) is 0 Å². The van der Waals surface area contributed by atoms with Gasteiger partial charge in [-0.05, 0) is 64.3 Å². The Bertz CT molecular complexity index is 1110. The van der Waals surface area contributed by atoms with Gasteiger partial charge in [0.05, 0.1) is 17.6 Å². The van der Waals surface area contributed by atoms with E-state index in [1.54, 1.807) is 18.5 Å². The second-order valence-electron chi connectivity index (χ2n) is 8.39. The number of anilines is 1. The number of hydrogen-bond acceptors (Lipinski definition) is 7. The van der Waals surface area contributed by atoms with Gasteiger partial charge in [-0.15, -0.1) is 0 Å². The summed E-state index contributed by atoms with van der Waals surface area (Å²) < 4.78 is 0. The fraction of sp³-hybridized carbons (Fsp3) is 0.391. The zero-order valence-corrected chi connectivity index (χ0v) is 17.9. The first kappa shape index (κ1) is 19.5. The molecule has 0 spiro atoms. The third-order valence-electron chi connectivity index (χ3n) is 6.11. The Hall–Kier alpha value is -3.42. The van der Waals surface area contributed by atoms with Crippen molar-refractivity contribution in [3.8, 4) is 11.4 Å². The number of carbonyl (C=O) groups is 1. The van der Waals surface area contributed by atoms with E-state index >= 15 is 0 Å². The summed E-state index contributed by atoms with van der Waals surface area (Å²) in [7, 11) is 0. The highest BCUT2D eigenvalue weighted by Crippen LogP contribution is 2.40. The Morgan fingerprint density at radius 2 is 1.74 bits per heavy atom. The highest BCUT2D eigenvalue weighted by atomic mass is 16.2. The van der Waals surface area contributed by atoms with Crippen LogP contribution in [0.25, 0.3) is 11.4 Å². The van der Waals surface area contributed by atoms with Crippen LogP contribution in [0.2, 0.25) is 0 Å². The Morgan fingerprint density at radius 1 is 1.00 bits per heavy atom. The minimum Gasteiger partial charge on any atom is -0.349 e. The van der Waals surface area contributed by atoms with Crippen molar-refractivity contribution in [2.45, 2.75) is 58.2 Å². The Kier molecular flexibility index (Phi) is 4.84. The third kappa shape index (κ3) is 3.62. The fourth-order valence-corrected chi connectivity index (χ4v) is 4.88. The van der Waals surface area contributed by atoms with E-state index in [2.05, 4.69) is 30.2 Å². The highest BCUT2D eigenvalue weighted by Gasteiger charge is 2.49. The van der Waals surface area contributed by atoms with Crippen LogP contribution >= 0.6 is 0 Å². The van der Waals surface area contributed by atoms with Crippen LogP contribution in [-0.4, -0.2) is 53.9 Å². The van der Waals surface area contributed by atoms with E-state index in [-0.39, 0.29) is 24.0 Å². The van der Waals surface area contributed by atoms with E-state index in [0.29, 0.717) is 23.0 Å². The first-order chi connectivity index (χ1) is 15.0. The predicted molar refractivity (Wildman–Crippen MR) is 117 cm³/mol. The minimum absolute atomic E-state index is 0.0516. The molecule has 0 aromatic carbocycles. The molecule has 0 aliphatic carbocycles. The van der Waals surface area contributed by atoms with Crippen molar-refractivity contribution < 1.29 is 4.79 Å². The molecule has 5 heterocycles. The molecular formula is C23H25N7O. The lowest BCUT2D eigenvalue weighted by atomic mass is 9.96. The van der Waals surface area contributed by atoms with Gasteiger partial charge in [-0.2, -0.15) is 0 Å². The van der Waals surface area contributed by atoms with Gasteiger partial charge < -0.3 is 10.2 Å². The second-order valence-corrected chi connectivity index (χ2v) is 8.39. The molecule has 31 heavy (non-hydrogen) atoms. The summed E-state index contributed by atoms with van der Waals surface area (Å²) in [5.41, 5.74) is 3.76. The maximum absolute atomic E-state index is 13.7. The number of pyridine rings is 1. The molecule has 1 amide bonds. The van der Waals surface area contributed by atoms with Crippen molar-refractivity contribution >= 4 is 11.9 Å². The highest BCUT2D eigenvalue weighted by molar-refractivity contribution is 5.99. The number of fused-ring (bicyclic) bond motifs is 2. The van der Waals surface area contributed by atoms with Crippen LogP contribution in [0.3, 0.4) is 0 Å². The van der Waals surface area contributed by atoms with Gasteiger partial charge in [0.1, 0.15) is 5.69 Å². The maximum atomic E-state index is 13.7. The predicted octanol–water partition coefficient (Wildman–Crippen LogP) is 3.11. The molecule has 2 aliphatic rings. The summed E-state index contributed by atoms with van der Waals surface area (Å²) in [6.45, 7) is 5.83. The third-order valence-corrected chi connectivity index (χ3v) is 6.11. The normalized spacial score (nSPS) is 22.0. The Labute approximate surface area is 181 Å². The van der Waals surface area contributed by atoms with Gasteiger partial charge in [0.25, 0.3) is 5.91 Å². The smallest absolute Gasteiger partial charge is 0.273 e. The molecule has 1 N–H and O–H groups in total. The van der Waals surface area contributed by atoms with E-state index in [1.165, 1.54) is 0 Å². The fourth-order valence-electron chi connectivity index (χ4n) is 4.88. The maximum Gasteiger partial charge on any atom is 0.273 e. The largest absolute Gasteiger partial charge is 0.349 e. The number of hydrogen-bond donors (Lipinski definition) is 1. The van der Waals surface area contributed by atoms with E-state index in [9.17, 15) is 4.79 Å². The summed E-state index contributed by atoms with van der Waals surface area (Å²) in [6, 6.07) is 7.91. The zero-order chi connectivity index (χ0) is 21.5. The molecular weight excluding hydrogens is 390 g/mol. The topological polar surface area (TPSA) is 96.8 Å². The van der Waals surface area contributed by atoms with Crippen molar-refractivity contribution in [3.05, 3.63) is 59.4 Å². The van der Waals surface area contributed by atoms with Crippen LogP contribution in [0.4, 0.5) is 5.95 Å². The van der Waals surface area contributed by atoms with Gasteiger partial charge in [0, 0.05) is 35.5 Å². The van der Waals surface area contributed by atoms with Crippen LogP contribution < -0.4 is 5.32 Å². The van der Waals surface area contributed by atoms with Crippen molar-refractivity contribution in [2.24, 2.45) is 0 Å². The van der Waals surface area contributed by atoms with E-state index in [1.807, 2.05) is 43.9 Å². The molecule has 0 saturated carbocycles. The quantitative estimate of drug-likeness (QED) is 0.699. The number of carbonyl (C=O) groups excluding carboxylic acids is 1. The first-order valence-corrected chi connectivity index (χ1v) is 10.7. The van der Waals surface area contributed by atoms with Crippen LogP contribution in [0.15, 0.2) is 36.7 Å². The SMILES string of the molecule is Cc1cc(C)nc(NC2CC3CCC2N3C(=O)c2nc(C)ccc2-c2ncccn2)n1. The molecule has 8 nitrogen and oxygen atoms in total. The van der Waals surface area contributed by atoms with Gasteiger partial charge in [0.15, 0.2) is 5.82 Å². The van der Waals surface area contributed by atoms with Gasteiger partial charge >= 0.3 is 0 Å². The summed E-state index contributed by atoms with van der Waals surface area (Å²) in [4.78, 5) is 38.0. The molecule has 3 aromatic rings. The molecule has 2 aliphatic heterocycles. The number of aromatic nitrogens is 5. The Morgan fingerprint density at radius 3 is 2.48 bits per heavy atom. The molecule has 0 radical (unpaired) electrons. The van der Waals surface area contributed by atoms with Gasteiger partial charge in [-0.25, -0.2) is 24.9 Å². The lowest BCUT2D eigenvalue weighted by Crippen LogP contribution is -2.40. The van der Waals surface area contributed by atoms with E-state index in [4.69, 9.17) is 0 Å². The molecule has 2 bridgehead atoms. The van der Waals surface area contributed by atoms with E-state index in [0.717, 1.165) is 36.3 Å². The van der Waals surface area contributed by atoms with Crippen LogP contribution in [0.1, 0.15) is 46.8 Å². The van der Waals surface area contributed by atoms with Crippen molar-refractivity contribution in [3.63, 3.8) is 0 Å². The molecule has 5 rings (SSSR count). The standard InChI is InChI=1S/C23H25N7O/c1-13-5-7-17(21-24-9-4-10-25-21)20(26-13)22(31)30-16-6-8-19(30)18(12-16)29-23-27-14(2)11-15(3)28-23/h4-5,7,9-11,16,18-19H,6,8,12H2,1-3H3,(H,27,28,29). The van der Waals surface area contributed by atoms with Crippen LogP contribution in [0, 0.1) is 20.8 Å². The summed E-state index contributed by atoms with van der Waals surface area (Å²) >= 11 is 0. The monoisotopic (exact) mass is 415 g/mol. The van der Waals surface area contributed by atoms with Crippen LogP contribution in [-0.2, 0) is 0 Å². The van der Waals surface area contributed by atoms with Gasteiger partial charge in [0.2, 0.25) is 5.95 Å². The van der Waals surface area contributed by atoms with Gasteiger partial charge in [-0.3, -0.25) is 4.79 Å².